The van der Waals surface area contributed by atoms with Crippen molar-refractivity contribution in [3.05, 3.63) is 174 Å². The van der Waals surface area contributed by atoms with Gasteiger partial charge in [0.2, 0.25) is 0 Å². The van der Waals surface area contributed by atoms with Crippen molar-refractivity contribution in [2.75, 3.05) is 0 Å². The van der Waals surface area contributed by atoms with Crippen molar-refractivity contribution < 1.29 is 0 Å². The topological polar surface area (TPSA) is 49.3 Å². The quantitative estimate of drug-likeness (QED) is 0.201. The third-order valence-corrected chi connectivity index (χ3v) is 10.2. The SMILES string of the molecule is c1ccc(C2=NC(c3ccc(-c4ccc5c(ccc6nc(-c7ccccc7)sc65)c4)c4ccccc34)NC(c3ccccc3)N2)cc1. The Morgan fingerprint density at radius 2 is 1.26 bits per heavy atom. The lowest BCUT2D eigenvalue weighted by atomic mass is 9.92. The molecule has 1 aliphatic heterocycles. The number of nitrogens with one attached hydrogen (secondary N) is 2. The maximum absolute atomic E-state index is 5.23. The van der Waals surface area contributed by atoms with Gasteiger partial charge in [-0.1, -0.05) is 146 Å². The molecule has 0 radical (unpaired) electrons. The Balaban J connectivity index is 1.13. The van der Waals surface area contributed by atoms with Gasteiger partial charge in [-0.25, -0.2) is 9.98 Å². The molecule has 7 aromatic carbocycles. The highest BCUT2D eigenvalue weighted by Gasteiger charge is 2.26. The van der Waals surface area contributed by atoms with Crippen molar-refractivity contribution >= 4 is 48.9 Å². The Morgan fingerprint density at radius 3 is 2.04 bits per heavy atom. The Morgan fingerprint density at radius 1 is 0.553 bits per heavy atom. The predicted molar refractivity (Wildman–Crippen MR) is 197 cm³/mol. The van der Waals surface area contributed by atoms with Crippen molar-refractivity contribution in [2.45, 2.75) is 12.3 Å². The van der Waals surface area contributed by atoms with E-state index in [-0.39, 0.29) is 12.3 Å². The van der Waals surface area contributed by atoms with E-state index in [0.717, 1.165) is 33.1 Å². The number of hydrogen-bond acceptors (Lipinski definition) is 5. The number of rotatable bonds is 5. The van der Waals surface area contributed by atoms with Gasteiger partial charge in [0, 0.05) is 16.5 Å². The molecule has 2 atom stereocenters. The number of thiazole rings is 1. The fraction of sp³-hybridized carbons (Fsp3) is 0.0476. The van der Waals surface area contributed by atoms with Gasteiger partial charge in [-0.05, 0) is 50.5 Å². The molecule has 5 heteroatoms. The minimum atomic E-state index is -0.231. The molecule has 2 N–H and O–H groups in total. The van der Waals surface area contributed by atoms with Gasteiger partial charge in [0.05, 0.1) is 10.2 Å². The highest BCUT2D eigenvalue weighted by atomic mass is 32.1. The monoisotopic (exact) mass is 622 g/mol. The summed E-state index contributed by atoms with van der Waals surface area (Å²) >= 11 is 1.76. The molecule has 47 heavy (non-hydrogen) atoms. The Labute approximate surface area is 277 Å². The van der Waals surface area contributed by atoms with Gasteiger partial charge in [0.25, 0.3) is 0 Å². The van der Waals surface area contributed by atoms with E-state index >= 15 is 0 Å². The molecule has 4 nitrogen and oxygen atoms in total. The summed E-state index contributed by atoms with van der Waals surface area (Å²) in [6.45, 7) is 0. The number of amidine groups is 1. The molecule has 1 aliphatic rings. The smallest absolute Gasteiger partial charge is 0.131 e. The van der Waals surface area contributed by atoms with Crippen molar-refractivity contribution in [3.63, 3.8) is 0 Å². The van der Waals surface area contributed by atoms with E-state index in [0.29, 0.717) is 0 Å². The highest BCUT2D eigenvalue weighted by molar-refractivity contribution is 7.22. The predicted octanol–water partition coefficient (Wildman–Crippen LogP) is 10.3. The number of aromatic nitrogens is 1. The van der Waals surface area contributed by atoms with Crippen LogP contribution in [0.15, 0.2) is 163 Å². The van der Waals surface area contributed by atoms with Crippen LogP contribution >= 0.6 is 11.3 Å². The molecule has 1 aromatic heterocycles. The fourth-order valence-corrected chi connectivity index (χ4v) is 7.78. The average molecular weight is 623 g/mol. The fourth-order valence-electron chi connectivity index (χ4n) is 6.68. The lowest BCUT2D eigenvalue weighted by Gasteiger charge is -2.32. The van der Waals surface area contributed by atoms with Gasteiger partial charge in [0.1, 0.15) is 23.2 Å². The zero-order valence-corrected chi connectivity index (χ0v) is 26.3. The average Bonchev–Trinajstić information content (AvgIpc) is 3.60. The summed E-state index contributed by atoms with van der Waals surface area (Å²) in [5, 5.41) is 13.3. The molecular weight excluding hydrogens is 593 g/mol. The van der Waals surface area contributed by atoms with Crippen LogP contribution < -0.4 is 10.6 Å². The van der Waals surface area contributed by atoms with Crippen LogP contribution in [0, 0.1) is 0 Å². The first-order chi connectivity index (χ1) is 23.3. The number of aliphatic imine (C=N–C) groups is 1. The van der Waals surface area contributed by atoms with Crippen LogP contribution in [0.2, 0.25) is 0 Å². The van der Waals surface area contributed by atoms with Crippen molar-refractivity contribution in [2.24, 2.45) is 4.99 Å². The van der Waals surface area contributed by atoms with Gasteiger partial charge >= 0.3 is 0 Å². The van der Waals surface area contributed by atoms with Gasteiger partial charge in [-0.15, -0.1) is 11.3 Å². The van der Waals surface area contributed by atoms with E-state index in [4.69, 9.17) is 9.98 Å². The summed E-state index contributed by atoms with van der Waals surface area (Å²) in [7, 11) is 0. The van der Waals surface area contributed by atoms with E-state index in [9.17, 15) is 0 Å². The largest absolute Gasteiger partial charge is 0.350 e. The number of fused-ring (bicyclic) bond motifs is 4. The minimum Gasteiger partial charge on any atom is -0.350 e. The van der Waals surface area contributed by atoms with E-state index in [1.807, 2.05) is 12.1 Å². The number of benzene rings is 7. The molecule has 0 spiro atoms. The third kappa shape index (κ3) is 5.06. The van der Waals surface area contributed by atoms with Crippen molar-refractivity contribution in [3.8, 4) is 21.7 Å². The first-order valence-electron chi connectivity index (χ1n) is 15.9. The van der Waals surface area contributed by atoms with Crippen molar-refractivity contribution in [1.29, 1.82) is 0 Å². The molecule has 0 aliphatic carbocycles. The Hall–Kier alpha value is -5.62. The summed E-state index contributed by atoms with van der Waals surface area (Å²) in [6.07, 6.45) is -0.315. The molecule has 8 aromatic rings. The van der Waals surface area contributed by atoms with E-state index in [2.05, 4.69) is 156 Å². The molecule has 0 fully saturated rings. The second-order valence-corrected chi connectivity index (χ2v) is 12.9. The number of nitrogens with zero attached hydrogens (tertiary/aromatic N) is 2. The molecule has 0 saturated carbocycles. The summed E-state index contributed by atoms with van der Waals surface area (Å²) in [5.41, 5.74) is 8.00. The van der Waals surface area contributed by atoms with Crippen LogP contribution in [-0.2, 0) is 0 Å². The highest BCUT2D eigenvalue weighted by Crippen LogP contribution is 2.39. The zero-order valence-electron chi connectivity index (χ0n) is 25.5. The lowest BCUT2D eigenvalue weighted by Crippen LogP contribution is -2.45. The van der Waals surface area contributed by atoms with Crippen LogP contribution in [0.4, 0.5) is 0 Å². The molecule has 0 bridgehead atoms. The minimum absolute atomic E-state index is 0.0844. The molecule has 2 unspecified atom stereocenters. The van der Waals surface area contributed by atoms with Crippen LogP contribution in [0.3, 0.4) is 0 Å². The molecule has 9 rings (SSSR count). The second kappa shape index (κ2) is 11.6. The molecule has 2 heterocycles. The van der Waals surface area contributed by atoms with E-state index in [1.165, 1.54) is 42.9 Å². The second-order valence-electron chi connectivity index (χ2n) is 11.9. The first kappa shape index (κ1) is 27.7. The van der Waals surface area contributed by atoms with Crippen LogP contribution in [0.5, 0.6) is 0 Å². The molecule has 0 amide bonds. The van der Waals surface area contributed by atoms with Crippen LogP contribution in [-0.4, -0.2) is 10.8 Å². The van der Waals surface area contributed by atoms with Gasteiger partial charge in [-0.2, -0.15) is 0 Å². The maximum atomic E-state index is 5.23. The third-order valence-electron chi connectivity index (χ3n) is 9.00. The molecular formula is C42H30N4S. The van der Waals surface area contributed by atoms with Crippen molar-refractivity contribution in [1.82, 2.24) is 15.6 Å². The van der Waals surface area contributed by atoms with Gasteiger partial charge in [-0.3, -0.25) is 5.32 Å². The summed E-state index contributed by atoms with van der Waals surface area (Å²) in [5.74, 6) is 0.885. The summed E-state index contributed by atoms with van der Waals surface area (Å²) < 4.78 is 1.23. The van der Waals surface area contributed by atoms with E-state index in [1.54, 1.807) is 11.3 Å². The standard InChI is InChI=1S/C42H30N4S/c1-4-12-27(13-5-1)39-44-40(28-14-6-2-7-15-28)46-41(45-39)36-24-23-32(34-18-10-11-19-35(34)36)30-20-22-33-31(26-30)21-25-37-38(33)47-42(43-37)29-16-8-3-9-17-29/h1-26,39,41,45H,(H,44,46). The molecule has 0 saturated heterocycles. The maximum Gasteiger partial charge on any atom is 0.131 e. The zero-order chi connectivity index (χ0) is 31.2. The summed E-state index contributed by atoms with van der Waals surface area (Å²) in [6, 6.07) is 55.7. The van der Waals surface area contributed by atoms with Gasteiger partial charge < -0.3 is 5.32 Å². The first-order valence-corrected chi connectivity index (χ1v) is 16.7. The van der Waals surface area contributed by atoms with Crippen LogP contribution in [0.1, 0.15) is 29.0 Å². The summed E-state index contributed by atoms with van der Waals surface area (Å²) in [4.78, 5) is 10.2. The van der Waals surface area contributed by atoms with E-state index < -0.39 is 0 Å². The Bertz CT molecular complexity index is 2420. The Kier molecular flexibility index (Phi) is 6.85. The lowest BCUT2D eigenvalue weighted by molar-refractivity contribution is 0.410. The molecule has 224 valence electrons. The normalized spacial score (nSPS) is 16.3. The van der Waals surface area contributed by atoms with Crippen LogP contribution in [0.25, 0.3) is 53.5 Å². The number of hydrogen-bond donors (Lipinski definition) is 2. The van der Waals surface area contributed by atoms with Gasteiger partial charge in [0.15, 0.2) is 0 Å².